The van der Waals surface area contributed by atoms with E-state index in [0.717, 1.165) is 10.2 Å². The van der Waals surface area contributed by atoms with Crippen molar-refractivity contribution in [3.05, 3.63) is 94.7 Å². The highest BCUT2D eigenvalue weighted by Gasteiger charge is 2.13. The fourth-order valence-electron chi connectivity index (χ4n) is 3.53. The van der Waals surface area contributed by atoms with E-state index in [1.165, 1.54) is 23.5 Å². The van der Waals surface area contributed by atoms with Gasteiger partial charge in [0.05, 0.1) is 25.8 Å². The van der Waals surface area contributed by atoms with Crippen molar-refractivity contribution in [1.82, 2.24) is 10.3 Å². The number of rotatable bonds is 5. The van der Waals surface area contributed by atoms with Gasteiger partial charge >= 0.3 is 0 Å². The van der Waals surface area contributed by atoms with Crippen molar-refractivity contribution < 1.29 is 14.3 Å². The fraction of sp³-hybridized carbons (Fsp3) is 0. The molecule has 0 saturated heterocycles. The van der Waals surface area contributed by atoms with E-state index in [2.05, 4.69) is 15.6 Å². The van der Waals surface area contributed by atoms with Crippen LogP contribution in [0.2, 0.25) is 10.0 Å². The molecule has 0 saturated carbocycles. The molecule has 0 aliphatic carbocycles. The van der Waals surface area contributed by atoms with E-state index in [9.17, 15) is 9.90 Å². The number of aromatic nitrogens is 1. The summed E-state index contributed by atoms with van der Waals surface area (Å²) in [5.74, 6) is 0.640. The summed E-state index contributed by atoms with van der Waals surface area (Å²) in [5, 5.41) is 17.5. The maximum absolute atomic E-state index is 12.4. The highest BCUT2D eigenvalue weighted by atomic mass is 35.5. The highest BCUT2D eigenvalue weighted by molar-refractivity contribution is 7.80. The Hall–Kier alpha value is -3.69. The summed E-state index contributed by atoms with van der Waals surface area (Å²) in [6, 6.07) is 21.4. The van der Waals surface area contributed by atoms with Crippen LogP contribution < -0.4 is 10.6 Å². The van der Waals surface area contributed by atoms with E-state index in [1.807, 2.05) is 24.3 Å². The summed E-state index contributed by atoms with van der Waals surface area (Å²) in [4.78, 5) is 17.0. The van der Waals surface area contributed by atoms with Crippen molar-refractivity contribution in [3.8, 4) is 27.6 Å². The second-order valence-electron chi connectivity index (χ2n) is 7.80. The number of para-hydroxylation sites is 1. The lowest BCUT2D eigenvalue weighted by Crippen LogP contribution is -2.32. The van der Waals surface area contributed by atoms with Gasteiger partial charge in [0, 0.05) is 17.3 Å². The Kier molecular flexibility index (Phi) is 7.25. The second-order valence-corrected chi connectivity index (χ2v) is 10.0. The third-order valence-corrected chi connectivity index (χ3v) is 7.35. The lowest BCUT2D eigenvalue weighted by Gasteiger charge is -2.10. The molecule has 5 rings (SSSR count). The molecule has 0 aliphatic heterocycles. The van der Waals surface area contributed by atoms with Gasteiger partial charge < -0.3 is 14.8 Å². The Balaban J connectivity index is 1.23. The zero-order valence-corrected chi connectivity index (χ0v) is 22.0. The summed E-state index contributed by atoms with van der Waals surface area (Å²) >= 11 is 19.1. The Bertz CT molecular complexity index is 1640. The molecule has 184 valence electrons. The van der Waals surface area contributed by atoms with Crippen molar-refractivity contribution in [3.63, 3.8) is 0 Å². The molecule has 1 amide bonds. The number of nitrogens with zero attached hydrogens (tertiary/aromatic N) is 1. The Labute approximate surface area is 231 Å². The highest BCUT2D eigenvalue weighted by Crippen LogP contribution is 2.37. The van der Waals surface area contributed by atoms with Crippen LogP contribution in [-0.4, -0.2) is 21.1 Å². The zero-order chi connectivity index (χ0) is 25.9. The van der Waals surface area contributed by atoms with Gasteiger partial charge in [-0.2, -0.15) is 0 Å². The van der Waals surface area contributed by atoms with Crippen LogP contribution in [0.1, 0.15) is 5.76 Å². The SMILES string of the molecule is O=C(C=Cc1ccc(-c2cccc(Cl)c2Cl)o1)NC(=S)Nc1ccc(O)c(-c2nc3ccccc3s2)c1. The van der Waals surface area contributed by atoms with Crippen molar-refractivity contribution in [2.75, 3.05) is 5.32 Å². The van der Waals surface area contributed by atoms with Gasteiger partial charge in [-0.25, -0.2) is 4.98 Å². The second kappa shape index (κ2) is 10.7. The Morgan fingerprint density at radius 2 is 1.86 bits per heavy atom. The van der Waals surface area contributed by atoms with Crippen molar-refractivity contribution >= 4 is 79.8 Å². The van der Waals surface area contributed by atoms with E-state index in [1.54, 1.807) is 48.5 Å². The maximum atomic E-state index is 12.4. The lowest BCUT2D eigenvalue weighted by molar-refractivity contribution is -0.115. The number of thiazole rings is 1. The molecule has 37 heavy (non-hydrogen) atoms. The molecule has 0 aliphatic rings. The van der Waals surface area contributed by atoms with Crippen molar-refractivity contribution in [2.24, 2.45) is 0 Å². The molecule has 6 nitrogen and oxygen atoms in total. The van der Waals surface area contributed by atoms with Crippen molar-refractivity contribution in [2.45, 2.75) is 0 Å². The number of furan rings is 1. The largest absolute Gasteiger partial charge is 0.507 e. The normalized spacial score (nSPS) is 11.2. The molecule has 3 N–H and O–H groups in total. The molecular formula is C27H17Cl2N3O3S2. The molecule has 2 heterocycles. The Morgan fingerprint density at radius 1 is 1.03 bits per heavy atom. The standard InChI is InChI=1S/C27H17Cl2N3O3S2/c28-19-5-3-4-17(25(19)29)22-12-9-16(35-22)10-13-24(34)32-27(36)30-15-8-11-21(33)18(14-15)26-31-20-6-1-2-7-23(20)37-26/h1-14,33H,(H2,30,32,34,36). The number of carbonyl (C=O) groups excluding carboxylic acids is 1. The number of hydrogen-bond donors (Lipinski definition) is 3. The number of amides is 1. The minimum atomic E-state index is -0.443. The number of nitrogens with one attached hydrogen (secondary N) is 2. The molecule has 0 bridgehead atoms. The quantitative estimate of drug-likeness (QED) is 0.115. The van der Waals surface area contributed by atoms with E-state index < -0.39 is 5.91 Å². The molecule has 0 radical (unpaired) electrons. The summed E-state index contributed by atoms with van der Waals surface area (Å²) < 4.78 is 6.78. The Morgan fingerprint density at radius 3 is 2.70 bits per heavy atom. The number of carbonyl (C=O) groups is 1. The predicted molar refractivity (Wildman–Crippen MR) is 154 cm³/mol. The maximum Gasteiger partial charge on any atom is 0.250 e. The average molecular weight is 566 g/mol. The summed E-state index contributed by atoms with van der Waals surface area (Å²) in [6.07, 6.45) is 2.82. The van der Waals surface area contributed by atoms with Gasteiger partial charge in [0.2, 0.25) is 5.91 Å². The average Bonchev–Trinajstić information content (AvgIpc) is 3.53. The van der Waals surface area contributed by atoms with E-state index in [-0.39, 0.29) is 10.9 Å². The van der Waals surface area contributed by atoms with Crippen LogP contribution in [0.4, 0.5) is 5.69 Å². The number of aromatic hydroxyl groups is 1. The van der Waals surface area contributed by atoms with Crippen LogP contribution in [0.15, 0.2) is 83.3 Å². The zero-order valence-electron chi connectivity index (χ0n) is 18.9. The molecule has 3 aromatic carbocycles. The van der Waals surface area contributed by atoms with Gasteiger partial charge in [0.15, 0.2) is 5.11 Å². The number of fused-ring (bicyclic) bond motifs is 1. The number of benzene rings is 3. The number of phenols is 1. The first-order chi connectivity index (χ1) is 17.9. The molecule has 10 heteroatoms. The van der Waals surface area contributed by atoms with Crippen LogP contribution in [0.3, 0.4) is 0 Å². The van der Waals surface area contributed by atoms with Gasteiger partial charge in [0.1, 0.15) is 22.3 Å². The first-order valence-electron chi connectivity index (χ1n) is 10.9. The predicted octanol–water partition coefficient (Wildman–Crippen LogP) is 7.76. The van der Waals surface area contributed by atoms with Gasteiger partial charge in [-0.3, -0.25) is 10.1 Å². The number of phenolic OH excluding ortho intramolecular Hbond substituents is 1. The number of hydrogen-bond acceptors (Lipinski definition) is 6. The van der Waals surface area contributed by atoms with Crippen LogP contribution in [0.25, 0.3) is 38.2 Å². The first-order valence-corrected chi connectivity index (χ1v) is 12.9. The van der Waals surface area contributed by atoms with E-state index >= 15 is 0 Å². The lowest BCUT2D eigenvalue weighted by atomic mass is 10.2. The molecule has 0 atom stereocenters. The first kappa shape index (κ1) is 25.0. The summed E-state index contributed by atoms with van der Waals surface area (Å²) in [6.45, 7) is 0. The third kappa shape index (κ3) is 5.68. The molecule has 0 fully saturated rings. The topological polar surface area (TPSA) is 87.4 Å². The van der Waals surface area contributed by atoms with E-state index in [0.29, 0.717) is 43.4 Å². The minimum absolute atomic E-state index is 0.0966. The summed E-state index contributed by atoms with van der Waals surface area (Å²) in [5.41, 5.74) is 2.67. The van der Waals surface area contributed by atoms with Crippen LogP contribution in [0.5, 0.6) is 5.75 Å². The molecule has 0 unspecified atom stereocenters. The van der Waals surface area contributed by atoms with E-state index in [4.69, 9.17) is 39.8 Å². The fourth-order valence-corrected chi connectivity index (χ4v) is 5.13. The molecular weight excluding hydrogens is 549 g/mol. The number of halogens is 2. The number of thiocarbonyl (C=S) groups is 1. The van der Waals surface area contributed by atoms with Crippen molar-refractivity contribution in [1.29, 1.82) is 0 Å². The van der Waals surface area contributed by atoms with Gasteiger partial charge in [-0.05, 0) is 72.9 Å². The molecule has 2 aromatic heterocycles. The third-order valence-electron chi connectivity index (χ3n) is 5.26. The van der Waals surface area contributed by atoms with Crippen LogP contribution >= 0.6 is 46.8 Å². The van der Waals surface area contributed by atoms with Gasteiger partial charge in [-0.1, -0.05) is 41.4 Å². The summed E-state index contributed by atoms with van der Waals surface area (Å²) in [7, 11) is 0. The van der Waals surface area contributed by atoms with Gasteiger partial charge in [0.25, 0.3) is 0 Å². The smallest absolute Gasteiger partial charge is 0.250 e. The van der Waals surface area contributed by atoms with Crippen LogP contribution in [-0.2, 0) is 4.79 Å². The van der Waals surface area contributed by atoms with Gasteiger partial charge in [-0.15, -0.1) is 11.3 Å². The molecule has 0 spiro atoms. The van der Waals surface area contributed by atoms with Crippen LogP contribution in [0, 0.1) is 0 Å². The molecule has 5 aromatic rings. The number of anilines is 1. The minimum Gasteiger partial charge on any atom is -0.507 e. The monoisotopic (exact) mass is 565 g/mol.